The van der Waals surface area contributed by atoms with Crippen molar-refractivity contribution in [2.24, 2.45) is 0 Å². The zero-order valence-electron chi connectivity index (χ0n) is 17.5. The number of hydrogen-bond acceptors (Lipinski definition) is 0. The maximum atomic E-state index is 5.89. The lowest BCUT2D eigenvalue weighted by Gasteiger charge is -2.14. The third kappa shape index (κ3) is 4.96. The molecule has 0 saturated carbocycles. The van der Waals surface area contributed by atoms with Crippen molar-refractivity contribution in [1.82, 2.24) is 0 Å². The second-order valence-electron chi connectivity index (χ2n) is 8.02. The molecule has 0 saturated heterocycles. The van der Waals surface area contributed by atoms with Crippen LogP contribution in [0.3, 0.4) is 0 Å². The fourth-order valence-electron chi connectivity index (χ4n) is 4.43. The summed E-state index contributed by atoms with van der Waals surface area (Å²) in [5.74, 6) is 2.95. The first-order valence-corrected chi connectivity index (χ1v) is 11.3. The van der Waals surface area contributed by atoms with Crippen molar-refractivity contribution < 1.29 is 0 Å². The Morgan fingerprint density at radius 3 is 1.50 bits per heavy atom. The van der Waals surface area contributed by atoms with Gasteiger partial charge in [0, 0.05) is 5.56 Å². The number of fused-ring (bicyclic) bond motifs is 2. The topological polar surface area (TPSA) is 0 Å². The minimum absolute atomic E-state index is 1.04. The average molecular weight is 371 g/mol. The summed E-state index contributed by atoms with van der Waals surface area (Å²) in [5, 5.41) is 5.13. The molecule has 28 heavy (non-hydrogen) atoms. The first-order chi connectivity index (χ1) is 13.9. The van der Waals surface area contributed by atoms with Crippen LogP contribution in [0.2, 0.25) is 0 Å². The Kier molecular flexibility index (Phi) is 7.98. The van der Waals surface area contributed by atoms with Crippen LogP contribution in [-0.2, 0) is 6.42 Å². The molecule has 0 atom stereocenters. The lowest BCUT2D eigenvalue weighted by molar-refractivity contribution is 0.557. The summed E-state index contributed by atoms with van der Waals surface area (Å²) in [6.07, 6.45) is 20.8. The van der Waals surface area contributed by atoms with Gasteiger partial charge in [0.15, 0.2) is 0 Å². The van der Waals surface area contributed by atoms with Crippen LogP contribution < -0.4 is 0 Å². The Morgan fingerprint density at radius 2 is 1.04 bits per heavy atom. The molecule has 0 aliphatic rings. The molecule has 0 aliphatic carbocycles. The molecular formula is C28H34. The van der Waals surface area contributed by atoms with E-state index in [-0.39, 0.29) is 0 Å². The van der Waals surface area contributed by atoms with Crippen molar-refractivity contribution in [3.8, 4) is 12.3 Å². The van der Waals surface area contributed by atoms with Crippen molar-refractivity contribution in [3.63, 3.8) is 0 Å². The maximum absolute atomic E-state index is 5.89. The van der Waals surface area contributed by atoms with Gasteiger partial charge in [-0.2, -0.15) is 0 Å². The first-order valence-electron chi connectivity index (χ1n) is 11.3. The van der Waals surface area contributed by atoms with E-state index in [1.54, 1.807) is 0 Å². The average Bonchev–Trinajstić information content (AvgIpc) is 2.74. The summed E-state index contributed by atoms with van der Waals surface area (Å²) in [6.45, 7) is 2.28. The maximum Gasteiger partial charge on any atom is 0.0399 e. The predicted octanol–water partition coefficient (Wildman–Crippen LogP) is 8.44. The summed E-state index contributed by atoms with van der Waals surface area (Å²) < 4.78 is 0. The molecule has 0 nitrogen and oxygen atoms in total. The normalized spacial score (nSPS) is 11.1. The molecule has 0 aliphatic heterocycles. The Balaban J connectivity index is 1.63. The van der Waals surface area contributed by atoms with Gasteiger partial charge in [-0.25, -0.2) is 0 Å². The number of hydrogen-bond donors (Lipinski definition) is 0. The van der Waals surface area contributed by atoms with Gasteiger partial charge in [-0.1, -0.05) is 119 Å². The summed E-state index contributed by atoms with van der Waals surface area (Å²) in [4.78, 5) is 0. The number of aryl methyl sites for hydroxylation is 1. The third-order valence-corrected chi connectivity index (χ3v) is 5.97. The van der Waals surface area contributed by atoms with Crippen LogP contribution in [0.1, 0.15) is 82.3 Å². The molecule has 0 bridgehead atoms. The van der Waals surface area contributed by atoms with Crippen LogP contribution in [0, 0.1) is 12.3 Å². The number of rotatable bonds is 11. The number of terminal acetylenes is 1. The van der Waals surface area contributed by atoms with Gasteiger partial charge in [-0.15, -0.1) is 6.42 Å². The zero-order valence-corrected chi connectivity index (χ0v) is 17.5. The summed E-state index contributed by atoms with van der Waals surface area (Å²) in [5.41, 5.74) is 2.52. The highest BCUT2D eigenvalue weighted by molar-refractivity contribution is 6.07. The fourth-order valence-corrected chi connectivity index (χ4v) is 4.43. The van der Waals surface area contributed by atoms with E-state index < -0.39 is 0 Å². The predicted molar refractivity (Wildman–Crippen MR) is 125 cm³/mol. The standard InChI is InChI=1S/C28H34/c1-3-5-6-7-8-9-10-11-12-13-18-28-26-21-16-14-19-24(26)23(4-2)25-20-15-17-22-27(25)28/h2,14-17,19-22H,3,5-13,18H2,1H3. The van der Waals surface area contributed by atoms with Crippen LogP contribution in [0.5, 0.6) is 0 Å². The van der Waals surface area contributed by atoms with E-state index in [2.05, 4.69) is 61.4 Å². The molecule has 0 heterocycles. The molecule has 146 valence electrons. The van der Waals surface area contributed by atoms with E-state index in [4.69, 9.17) is 6.42 Å². The quantitative estimate of drug-likeness (QED) is 0.180. The van der Waals surface area contributed by atoms with E-state index in [0.29, 0.717) is 0 Å². The van der Waals surface area contributed by atoms with Gasteiger partial charge in [-0.3, -0.25) is 0 Å². The Bertz CT molecular complexity index is 869. The first kappa shape index (κ1) is 20.5. The second kappa shape index (κ2) is 10.9. The molecule has 3 rings (SSSR count). The van der Waals surface area contributed by atoms with Gasteiger partial charge in [0.25, 0.3) is 0 Å². The molecule has 0 radical (unpaired) electrons. The SMILES string of the molecule is C#Cc1c2ccccc2c(CCCCCCCCCCCC)c2ccccc12. The highest BCUT2D eigenvalue weighted by Gasteiger charge is 2.11. The van der Waals surface area contributed by atoms with E-state index in [9.17, 15) is 0 Å². The number of benzene rings is 3. The monoisotopic (exact) mass is 370 g/mol. The fraction of sp³-hybridized carbons (Fsp3) is 0.429. The van der Waals surface area contributed by atoms with Crippen LogP contribution in [0.15, 0.2) is 48.5 Å². The molecule has 0 aromatic heterocycles. The van der Waals surface area contributed by atoms with Gasteiger partial charge in [-0.05, 0) is 39.9 Å². The minimum atomic E-state index is 1.04. The van der Waals surface area contributed by atoms with Crippen LogP contribution >= 0.6 is 0 Å². The lowest BCUT2D eigenvalue weighted by Crippen LogP contribution is -1.94. The molecule has 0 fully saturated rings. The van der Waals surface area contributed by atoms with Crippen LogP contribution in [0.25, 0.3) is 21.5 Å². The molecule has 3 aromatic carbocycles. The van der Waals surface area contributed by atoms with Gasteiger partial charge in [0.2, 0.25) is 0 Å². The van der Waals surface area contributed by atoms with Gasteiger partial charge >= 0.3 is 0 Å². The Hall–Kier alpha value is -2.26. The Labute approximate surface area is 171 Å². The van der Waals surface area contributed by atoms with Crippen LogP contribution in [0.4, 0.5) is 0 Å². The van der Waals surface area contributed by atoms with Crippen LogP contribution in [-0.4, -0.2) is 0 Å². The van der Waals surface area contributed by atoms with Crippen molar-refractivity contribution in [1.29, 1.82) is 0 Å². The van der Waals surface area contributed by atoms with Crippen molar-refractivity contribution in [2.75, 3.05) is 0 Å². The zero-order chi connectivity index (χ0) is 19.6. The number of unbranched alkanes of at least 4 members (excludes halogenated alkanes) is 9. The molecular weight excluding hydrogens is 336 g/mol. The summed E-state index contributed by atoms with van der Waals surface area (Å²) in [6, 6.07) is 17.3. The molecule has 0 amide bonds. The highest BCUT2D eigenvalue weighted by atomic mass is 14.1. The van der Waals surface area contributed by atoms with Gasteiger partial charge in [0.05, 0.1) is 0 Å². The second-order valence-corrected chi connectivity index (χ2v) is 8.02. The van der Waals surface area contributed by atoms with Gasteiger partial charge in [0.1, 0.15) is 0 Å². The molecule has 0 heteroatoms. The smallest absolute Gasteiger partial charge is 0.0399 e. The van der Waals surface area contributed by atoms with E-state index in [1.807, 2.05) is 0 Å². The summed E-state index contributed by atoms with van der Waals surface area (Å²) >= 11 is 0. The largest absolute Gasteiger partial charge is 0.115 e. The van der Waals surface area contributed by atoms with Crippen molar-refractivity contribution in [3.05, 3.63) is 59.7 Å². The lowest BCUT2D eigenvalue weighted by atomic mass is 9.89. The molecule has 3 aromatic rings. The highest BCUT2D eigenvalue weighted by Crippen LogP contribution is 2.33. The van der Waals surface area contributed by atoms with Crippen molar-refractivity contribution in [2.45, 2.75) is 77.6 Å². The minimum Gasteiger partial charge on any atom is -0.115 e. The molecule has 0 spiro atoms. The van der Waals surface area contributed by atoms with Gasteiger partial charge < -0.3 is 0 Å². The Morgan fingerprint density at radius 1 is 0.607 bits per heavy atom. The van der Waals surface area contributed by atoms with E-state index in [1.165, 1.54) is 91.3 Å². The van der Waals surface area contributed by atoms with E-state index >= 15 is 0 Å². The molecule has 0 N–H and O–H groups in total. The third-order valence-electron chi connectivity index (χ3n) is 5.97. The summed E-state index contributed by atoms with van der Waals surface area (Å²) in [7, 11) is 0. The van der Waals surface area contributed by atoms with Crippen molar-refractivity contribution >= 4 is 21.5 Å². The molecule has 0 unspecified atom stereocenters. The van der Waals surface area contributed by atoms with E-state index in [0.717, 1.165) is 12.0 Å².